The van der Waals surface area contributed by atoms with E-state index in [1.165, 1.54) is 26.2 Å². The number of esters is 1. The zero-order chi connectivity index (χ0) is 25.8. The molecule has 0 radical (unpaired) electrons. The predicted molar refractivity (Wildman–Crippen MR) is 136 cm³/mol. The van der Waals surface area contributed by atoms with E-state index < -0.39 is 17.1 Å². The van der Waals surface area contributed by atoms with Crippen molar-refractivity contribution in [3.63, 3.8) is 0 Å². The molecule has 4 saturated carbocycles. The minimum absolute atomic E-state index is 0.0150. The number of Topliss-reactive ketones (excluding diaryl/α,β-unsaturated/α-hetero) is 1. The van der Waals surface area contributed by atoms with Crippen LogP contribution in [0, 0.1) is 46.3 Å². The topological polar surface area (TPSA) is 83.8 Å². The number of carbonyl (C=O) groups excluding carboxylic acids is 2. The lowest BCUT2D eigenvalue weighted by atomic mass is 9.42. The fraction of sp³-hybridized carbons (Fsp3) is 0.867. The van der Waals surface area contributed by atoms with Gasteiger partial charge < -0.3 is 14.9 Å². The van der Waals surface area contributed by atoms with Gasteiger partial charge in [0, 0.05) is 31.1 Å². The van der Waals surface area contributed by atoms with Gasteiger partial charge in [-0.1, -0.05) is 39.8 Å². The van der Waals surface area contributed by atoms with Crippen molar-refractivity contribution in [2.24, 2.45) is 46.3 Å². The van der Waals surface area contributed by atoms with E-state index in [-0.39, 0.29) is 29.5 Å². The van der Waals surface area contributed by atoms with Crippen molar-refractivity contribution >= 4 is 11.8 Å². The molecule has 0 aliphatic heterocycles. The lowest BCUT2D eigenvalue weighted by Crippen LogP contribution is -2.67. The predicted octanol–water partition coefficient (Wildman–Crippen LogP) is 5.47. The number of ketones is 1. The fourth-order valence-electron chi connectivity index (χ4n) is 9.22. The van der Waals surface area contributed by atoms with E-state index in [4.69, 9.17) is 4.74 Å². The maximum absolute atomic E-state index is 13.4. The average molecular weight is 489 g/mol. The van der Waals surface area contributed by atoms with Crippen LogP contribution in [0.1, 0.15) is 98.8 Å². The largest absolute Gasteiger partial charge is 0.465 e. The zero-order valence-electron chi connectivity index (χ0n) is 22.6. The van der Waals surface area contributed by atoms with Gasteiger partial charge in [0.05, 0.1) is 12.7 Å². The molecule has 4 aliphatic carbocycles. The van der Waals surface area contributed by atoms with E-state index in [0.717, 1.165) is 31.3 Å². The van der Waals surface area contributed by atoms with Crippen molar-refractivity contribution < 1.29 is 24.5 Å². The summed E-state index contributed by atoms with van der Waals surface area (Å²) in [6, 6.07) is 0. The van der Waals surface area contributed by atoms with Gasteiger partial charge in [-0.15, -0.1) is 0 Å². The number of carbonyl (C=O) groups is 2. The minimum atomic E-state index is -1.35. The number of hydrogen-bond acceptors (Lipinski definition) is 5. The molecule has 0 amide bonds. The number of ether oxygens (including phenoxy) is 1. The van der Waals surface area contributed by atoms with Crippen LogP contribution < -0.4 is 0 Å². The molecule has 0 spiro atoms. The molecular weight excluding hydrogens is 440 g/mol. The summed E-state index contributed by atoms with van der Waals surface area (Å²) in [5.41, 5.74) is -0.363. The highest BCUT2D eigenvalue weighted by molar-refractivity contribution is 5.89. The Bertz CT molecular complexity index is 852. The monoisotopic (exact) mass is 488 g/mol. The third kappa shape index (κ3) is 4.43. The van der Waals surface area contributed by atoms with Crippen LogP contribution >= 0.6 is 0 Å². The summed E-state index contributed by atoms with van der Waals surface area (Å²) in [6.07, 6.45) is 8.26. The van der Waals surface area contributed by atoms with Crippen LogP contribution in [0.4, 0.5) is 0 Å². The van der Waals surface area contributed by atoms with Gasteiger partial charge in [0.1, 0.15) is 5.60 Å². The Kier molecular flexibility index (Phi) is 7.36. The summed E-state index contributed by atoms with van der Waals surface area (Å²) in [4.78, 5) is 24.5. The third-order valence-electron chi connectivity index (χ3n) is 11.5. The Morgan fingerprint density at radius 2 is 1.86 bits per heavy atom. The first-order valence-corrected chi connectivity index (χ1v) is 14.1. The quantitative estimate of drug-likeness (QED) is 0.367. The molecule has 0 aromatic heterocycles. The highest BCUT2D eigenvalue weighted by Crippen LogP contribution is 2.68. The summed E-state index contributed by atoms with van der Waals surface area (Å²) < 4.78 is 5.18. The van der Waals surface area contributed by atoms with Gasteiger partial charge in [-0.2, -0.15) is 0 Å². The van der Waals surface area contributed by atoms with Crippen LogP contribution in [0.25, 0.3) is 0 Å². The molecule has 4 rings (SSSR count). The summed E-state index contributed by atoms with van der Waals surface area (Å²) >= 11 is 0. The van der Waals surface area contributed by atoms with E-state index >= 15 is 0 Å². The highest BCUT2D eigenvalue weighted by atomic mass is 16.5. The van der Waals surface area contributed by atoms with Crippen molar-refractivity contribution in [3.8, 4) is 0 Å². The van der Waals surface area contributed by atoms with Crippen molar-refractivity contribution in [3.05, 3.63) is 12.2 Å². The summed E-state index contributed by atoms with van der Waals surface area (Å²) in [5.74, 6) is 2.41. The summed E-state index contributed by atoms with van der Waals surface area (Å²) in [7, 11) is 0. The van der Waals surface area contributed by atoms with Gasteiger partial charge in [0.2, 0.25) is 0 Å². The molecular formula is C30H48O5. The van der Waals surface area contributed by atoms with Gasteiger partial charge in [-0.25, -0.2) is 0 Å². The fourth-order valence-corrected chi connectivity index (χ4v) is 9.22. The van der Waals surface area contributed by atoms with E-state index in [9.17, 15) is 19.8 Å². The SMILES string of the molecule is C=C(CCC(C)[C@H]1CCC2C3CC(=O)C4(O)C[C@@H](O)CC[C@]4(C)C3CC[C@@]21C)C(C)COC(C)=O. The molecule has 0 heterocycles. The smallest absolute Gasteiger partial charge is 0.302 e. The van der Waals surface area contributed by atoms with Crippen LogP contribution in [-0.4, -0.2) is 40.3 Å². The van der Waals surface area contributed by atoms with E-state index in [1.54, 1.807) is 0 Å². The van der Waals surface area contributed by atoms with Crippen LogP contribution in [-0.2, 0) is 14.3 Å². The van der Waals surface area contributed by atoms with Gasteiger partial charge in [-0.3, -0.25) is 9.59 Å². The first-order valence-electron chi connectivity index (χ1n) is 14.1. The van der Waals surface area contributed by atoms with Crippen molar-refractivity contribution in [1.29, 1.82) is 0 Å². The second kappa shape index (κ2) is 9.59. The maximum Gasteiger partial charge on any atom is 0.302 e. The Morgan fingerprint density at radius 3 is 2.54 bits per heavy atom. The number of aliphatic hydroxyl groups excluding tert-OH is 1. The molecule has 0 aromatic carbocycles. The Labute approximate surface area is 212 Å². The molecule has 198 valence electrons. The van der Waals surface area contributed by atoms with Crippen LogP contribution in [0.2, 0.25) is 0 Å². The third-order valence-corrected chi connectivity index (χ3v) is 11.5. The van der Waals surface area contributed by atoms with Gasteiger partial charge in [-0.05, 0) is 86.4 Å². The molecule has 5 heteroatoms. The van der Waals surface area contributed by atoms with E-state index in [0.29, 0.717) is 49.0 Å². The Hall–Kier alpha value is -1.20. The second-order valence-electron chi connectivity index (χ2n) is 13.3. The number of rotatable bonds is 7. The van der Waals surface area contributed by atoms with Gasteiger partial charge >= 0.3 is 5.97 Å². The molecule has 0 aromatic rings. The number of aliphatic hydroxyl groups is 2. The maximum atomic E-state index is 13.4. The zero-order valence-corrected chi connectivity index (χ0v) is 22.6. The molecule has 2 N–H and O–H groups in total. The average Bonchev–Trinajstić information content (AvgIpc) is 3.15. The summed E-state index contributed by atoms with van der Waals surface area (Å²) in [6.45, 7) is 15.2. The molecule has 5 nitrogen and oxygen atoms in total. The molecule has 35 heavy (non-hydrogen) atoms. The highest BCUT2D eigenvalue weighted by Gasteiger charge is 2.67. The molecule has 4 aliphatic rings. The Balaban J connectivity index is 1.44. The van der Waals surface area contributed by atoms with Gasteiger partial charge in [0.15, 0.2) is 5.78 Å². The molecule has 0 saturated heterocycles. The van der Waals surface area contributed by atoms with Crippen LogP contribution in [0.5, 0.6) is 0 Å². The van der Waals surface area contributed by atoms with Gasteiger partial charge in [0.25, 0.3) is 0 Å². The first kappa shape index (κ1) is 26.9. The van der Waals surface area contributed by atoms with Crippen molar-refractivity contribution in [2.45, 2.75) is 111 Å². The van der Waals surface area contributed by atoms with Crippen molar-refractivity contribution in [1.82, 2.24) is 0 Å². The normalized spacial score (nSPS) is 44.5. The Morgan fingerprint density at radius 1 is 1.14 bits per heavy atom. The second-order valence-corrected chi connectivity index (χ2v) is 13.3. The minimum Gasteiger partial charge on any atom is -0.465 e. The summed E-state index contributed by atoms with van der Waals surface area (Å²) in [5, 5.41) is 21.8. The molecule has 4 fully saturated rings. The number of hydrogen-bond donors (Lipinski definition) is 2. The van der Waals surface area contributed by atoms with E-state index in [1.807, 2.05) is 0 Å². The lowest BCUT2D eigenvalue weighted by molar-refractivity contribution is -0.213. The van der Waals surface area contributed by atoms with Crippen LogP contribution in [0.3, 0.4) is 0 Å². The standard InChI is InChI=1S/C30H48O5/c1-18(20(3)17-35-21(4)31)7-8-19(2)24-9-10-25-23-15-27(33)30(34)16-22(32)11-14-29(30,6)26(23)12-13-28(24,25)5/h19-20,22-26,32,34H,1,7-17H2,2-6H3/t19?,20?,22-,23?,24+,25?,26?,28+,29+,30?/m0/s1. The lowest BCUT2D eigenvalue weighted by Gasteiger charge is -2.63. The molecule has 6 unspecified atom stereocenters. The van der Waals surface area contributed by atoms with Crippen molar-refractivity contribution in [2.75, 3.05) is 6.61 Å². The van der Waals surface area contributed by atoms with E-state index in [2.05, 4.69) is 34.3 Å². The first-order chi connectivity index (χ1) is 16.3. The number of fused-ring (bicyclic) bond motifs is 5. The van der Waals surface area contributed by atoms with Crippen LogP contribution in [0.15, 0.2) is 12.2 Å². The molecule has 0 bridgehead atoms. The molecule has 10 atom stereocenters.